The van der Waals surface area contributed by atoms with E-state index in [9.17, 15) is 13.2 Å². The maximum Gasteiger partial charge on any atom is 0.264 e. The average molecular weight is 621 g/mol. The molecule has 0 spiro atoms. The van der Waals surface area contributed by atoms with E-state index in [0.29, 0.717) is 25.3 Å². The molecular formula is C34H44N4O5S. The van der Waals surface area contributed by atoms with Crippen LogP contribution < -0.4 is 9.46 Å². The standard InChI is InChI=1S/C34H44N4O5S/c1-22-11-8-12-23(2)30(22)27-18-29-36-32(35-27)37-44(40,41)26-14-9-13-24(17-26)31(39)38(25(21-43-29)19-33(3,4)5)20-28-34(6,7)15-10-16-42-28/h8-9,11-14,17-18,25,28H,10,15-16,19-21H2,1-7H3,(H,35,36,37)/t25-,28?/m1/s1. The van der Waals surface area contributed by atoms with Crippen LogP contribution in [0.15, 0.2) is 53.4 Å². The van der Waals surface area contributed by atoms with Crippen LogP contribution in [0, 0.1) is 24.7 Å². The molecule has 3 aromatic rings. The van der Waals surface area contributed by atoms with E-state index in [1.54, 1.807) is 18.2 Å². The predicted molar refractivity (Wildman–Crippen MR) is 171 cm³/mol. The lowest BCUT2D eigenvalue weighted by atomic mass is 9.79. The fourth-order valence-corrected chi connectivity index (χ4v) is 7.19. The number of hydrogen-bond acceptors (Lipinski definition) is 7. The topological polar surface area (TPSA) is 111 Å². The number of nitrogens with zero attached hydrogens (tertiary/aromatic N) is 3. The highest BCUT2D eigenvalue weighted by molar-refractivity contribution is 7.92. The zero-order chi connectivity index (χ0) is 31.9. The van der Waals surface area contributed by atoms with E-state index in [-0.39, 0.29) is 57.8 Å². The molecule has 5 rings (SSSR count). The monoisotopic (exact) mass is 620 g/mol. The molecule has 1 saturated heterocycles. The lowest BCUT2D eigenvalue weighted by Crippen LogP contribution is -2.53. The van der Waals surface area contributed by atoms with Crippen LogP contribution in [0.3, 0.4) is 0 Å². The summed E-state index contributed by atoms with van der Waals surface area (Å²) in [6, 6.07) is 13.5. The summed E-state index contributed by atoms with van der Waals surface area (Å²) in [6.45, 7) is 15.9. The van der Waals surface area contributed by atoms with Crippen LogP contribution in [-0.4, -0.2) is 61.1 Å². The zero-order valence-electron chi connectivity index (χ0n) is 26.8. The second-order valence-corrected chi connectivity index (χ2v) is 15.6. The Morgan fingerprint density at radius 2 is 1.75 bits per heavy atom. The summed E-state index contributed by atoms with van der Waals surface area (Å²) in [7, 11) is -4.13. The Hall–Kier alpha value is -3.50. The molecule has 9 nitrogen and oxygen atoms in total. The Balaban J connectivity index is 1.66. The molecule has 1 amide bonds. The van der Waals surface area contributed by atoms with Crippen molar-refractivity contribution in [3.05, 3.63) is 65.2 Å². The molecule has 10 heteroatoms. The van der Waals surface area contributed by atoms with E-state index in [2.05, 4.69) is 49.3 Å². The molecule has 2 aliphatic rings. The van der Waals surface area contributed by atoms with Crippen LogP contribution in [0.25, 0.3) is 11.3 Å². The first-order valence-electron chi connectivity index (χ1n) is 15.3. The van der Waals surface area contributed by atoms with Gasteiger partial charge in [0.2, 0.25) is 11.8 Å². The van der Waals surface area contributed by atoms with Gasteiger partial charge in [-0.3, -0.25) is 4.79 Å². The molecule has 2 atom stereocenters. The lowest BCUT2D eigenvalue weighted by Gasteiger charge is -2.43. The molecule has 2 aliphatic heterocycles. The Labute approximate surface area is 261 Å². The molecule has 236 valence electrons. The van der Waals surface area contributed by atoms with Gasteiger partial charge in [-0.2, -0.15) is 4.98 Å². The number of aryl methyl sites for hydroxylation is 2. The molecule has 0 aliphatic carbocycles. The number of aromatic nitrogens is 2. The minimum atomic E-state index is -4.13. The van der Waals surface area contributed by atoms with Crippen LogP contribution in [-0.2, 0) is 14.8 Å². The van der Waals surface area contributed by atoms with E-state index in [1.165, 1.54) is 12.1 Å². The van der Waals surface area contributed by atoms with Gasteiger partial charge in [-0.15, -0.1) is 0 Å². The van der Waals surface area contributed by atoms with Crippen molar-refractivity contribution >= 4 is 21.9 Å². The van der Waals surface area contributed by atoms with Crippen LogP contribution in [0.2, 0.25) is 0 Å². The van der Waals surface area contributed by atoms with E-state index >= 15 is 0 Å². The van der Waals surface area contributed by atoms with Gasteiger partial charge in [0.1, 0.15) is 6.61 Å². The van der Waals surface area contributed by atoms with E-state index in [0.717, 1.165) is 29.5 Å². The van der Waals surface area contributed by atoms with E-state index < -0.39 is 10.0 Å². The smallest absolute Gasteiger partial charge is 0.264 e. The third kappa shape index (κ3) is 7.07. The lowest BCUT2D eigenvalue weighted by molar-refractivity contribution is -0.0842. The molecular weight excluding hydrogens is 576 g/mol. The summed E-state index contributed by atoms with van der Waals surface area (Å²) in [5.41, 5.74) is 3.41. The number of nitrogens with one attached hydrogen (secondary N) is 1. The summed E-state index contributed by atoms with van der Waals surface area (Å²) in [4.78, 5) is 25.2. The number of amides is 1. The summed E-state index contributed by atoms with van der Waals surface area (Å²) >= 11 is 0. The van der Waals surface area contributed by atoms with Gasteiger partial charge in [-0.05, 0) is 73.3 Å². The summed E-state index contributed by atoms with van der Waals surface area (Å²) in [6.07, 6.45) is 2.42. The maximum absolute atomic E-state index is 14.4. The number of carbonyl (C=O) groups excluding carboxylic acids is 1. The summed E-state index contributed by atoms with van der Waals surface area (Å²) in [5.74, 6) is -0.141. The number of sulfonamides is 1. The third-order valence-electron chi connectivity index (χ3n) is 8.55. The Bertz CT molecular complexity index is 1630. The fourth-order valence-electron chi connectivity index (χ4n) is 6.20. The normalized spacial score (nSPS) is 21.7. The first kappa shape index (κ1) is 31.9. The van der Waals surface area contributed by atoms with Crippen molar-refractivity contribution in [2.75, 3.05) is 24.5 Å². The van der Waals surface area contributed by atoms with Gasteiger partial charge in [-0.25, -0.2) is 18.1 Å². The van der Waals surface area contributed by atoms with Crippen molar-refractivity contribution in [3.63, 3.8) is 0 Å². The van der Waals surface area contributed by atoms with E-state index in [1.807, 2.05) is 36.9 Å². The molecule has 1 N–H and O–H groups in total. The predicted octanol–water partition coefficient (Wildman–Crippen LogP) is 6.41. The fraction of sp³-hybridized carbons (Fsp3) is 0.500. The van der Waals surface area contributed by atoms with Crippen molar-refractivity contribution < 1.29 is 22.7 Å². The van der Waals surface area contributed by atoms with Gasteiger partial charge < -0.3 is 14.4 Å². The van der Waals surface area contributed by atoms with Crippen molar-refractivity contribution in [1.82, 2.24) is 14.9 Å². The molecule has 1 aromatic heterocycles. The number of anilines is 1. The quantitative estimate of drug-likeness (QED) is 0.359. The van der Waals surface area contributed by atoms with Crippen LogP contribution >= 0.6 is 0 Å². The Kier molecular flexibility index (Phi) is 8.79. The van der Waals surface area contributed by atoms with Gasteiger partial charge in [-0.1, -0.05) is 58.9 Å². The highest BCUT2D eigenvalue weighted by Crippen LogP contribution is 2.36. The van der Waals surface area contributed by atoms with Gasteiger partial charge in [0, 0.05) is 30.3 Å². The molecule has 0 radical (unpaired) electrons. The largest absolute Gasteiger partial charge is 0.475 e. The third-order valence-corrected chi connectivity index (χ3v) is 9.87. The molecule has 1 fully saturated rings. The average Bonchev–Trinajstić information content (AvgIpc) is 2.93. The number of carbonyl (C=O) groups is 1. The van der Waals surface area contributed by atoms with Crippen molar-refractivity contribution in [2.24, 2.45) is 10.8 Å². The van der Waals surface area contributed by atoms with E-state index in [4.69, 9.17) is 9.47 Å². The molecule has 2 aromatic carbocycles. The van der Waals surface area contributed by atoms with Gasteiger partial charge in [0.15, 0.2) is 0 Å². The van der Waals surface area contributed by atoms with Crippen LogP contribution in [0.4, 0.5) is 5.95 Å². The number of ether oxygens (including phenoxy) is 2. The zero-order valence-corrected chi connectivity index (χ0v) is 27.6. The first-order chi connectivity index (χ1) is 20.6. The molecule has 44 heavy (non-hydrogen) atoms. The van der Waals surface area contributed by atoms with Crippen molar-refractivity contribution in [2.45, 2.75) is 84.8 Å². The molecule has 1 unspecified atom stereocenters. The molecule has 0 saturated carbocycles. The molecule has 4 bridgehead atoms. The van der Waals surface area contributed by atoms with Crippen molar-refractivity contribution in [3.8, 4) is 17.1 Å². The second-order valence-electron chi connectivity index (χ2n) is 14.0. The molecule has 3 heterocycles. The van der Waals surface area contributed by atoms with Gasteiger partial charge >= 0.3 is 0 Å². The minimum Gasteiger partial charge on any atom is -0.475 e. The highest BCUT2D eigenvalue weighted by Gasteiger charge is 2.39. The number of hydrogen-bond donors (Lipinski definition) is 1. The van der Waals surface area contributed by atoms with Gasteiger partial charge in [0.25, 0.3) is 15.9 Å². The summed E-state index contributed by atoms with van der Waals surface area (Å²) < 4.78 is 42.4. The minimum absolute atomic E-state index is 0.0484. The number of fused-ring (bicyclic) bond motifs is 4. The number of rotatable bonds is 4. The summed E-state index contributed by atoms with van der Waals surface area (Å²) in [5, 5.41) is 0. The Morgan fingerprint density at radius 3 is 2.43 bits per heavy atom. The van der Waals surface area contributed by atoms with Crippen LogP contribution in [0.1, 0.15) is 75.4 Å². The highest BCUT2D eigenvalue weighted by atomic mass is 32.2. The Morgan fingerprint density at radius 1 is 1.05 bits per heavy atom. The number of benzene rings is 2. The maximum atomic E-state index is 14.4. The second kappa shape index (κ2) is 12.1. The van der Waals surface area contributed by atoms with Crippen molar-refractivity contribution in [1.29, 1.82) is 0 Å². The SMILES string of the molecule is Cc1cccc(C)c1-c1cc2nc(n1)NS(=O)(=O)c1cccc(c1)C(=O)N(CC1OCCCC1(C)C)[C@H](CC(C)(C)C)CO2. The first-order valence-corrected chi connectivity index (χ1v) is 16.8. The van der Waals surface area contributed by atoms with Crippen LogP contribution in [0.5, 0.6) is 5.88 Å². The van der Waals surface area contributed by atoms with Gasteiger partial charge in [0.05, 0.1) is 22.7 Å².